The number of aromatic hydroxyl groups is 1. The third-order valence-corrected chi connectivity index (χ3v) is 4.83. The van der Waals surface area contributed by atoms with Gasteiger partial charge in [-0.1, -0.05) is 30.3 Å². The molecule has 7 nitrogen and oxygen atoms in total. The van der Waals surface area contributed by atoms with E-state index in [1.165, 1.54) is 25.1 Å². The monoisotopic (exact) mass is 403 g/mol. The van der Waals surface area contributed by atoms with E-state index in [9.17, 15) is 19.8 Å². The van der Waals surface area contributed by atoms with E-state index in [0.717, 1.165) is 10.8 Å². The minimum Gasteiger partial charge on any atom is -0.504 e. The molecule has 1 aromatic heterocycles. The molecule has 0 fully saturated rings. The topological polar surface area (TPSA) is 117 Å². The summed E-state index contributed by atoms with van der Waals surface area (Å²) < 4.78 is 5.21. The molecule has 0 bridgehead atoms. The second kappa shape index (κ2) is 7.36. The van der Waals surface area contributed by atoms with Crippen LogP contribution in [0.25, 0.3) is 32.9 Å². The van der Waals surface area contributed by atoms with Crippen molar-refractivity contribution in [2.45, 2.75) is 13.0 Å². The number of pyridine rings is 1. The number of aromatic carboxylic acids is 1. The van der Waals surface area contributed by atoms with E-state index in [2.05, 4.69) is 4.98 Å². The number of phenols is 1. The molecular formula is C23H17NO6. The van der Waals surface area contributed by atoms with Crippen LogP contribution in [0.15, 0.2) is 60.7 Å². The Hall–Kier alpha value is -4.13. The Morgan fingerprint density at radius 3 is 2.47 bits per heavy atom. The molecule has 0 radical (unpaired) electrons. The quantitative estimate of drug-likeness (QED) is 0.425. The number of ether oxygens (including phenoxy) is 1. The van der Waals surface area contributed by atoms with E-state index < -0.39 is 18.0 Å². The van der Waals surface area contributed by atoms with Crippen molar-refractivity contribution in [2.24, 2.45) is 0 Å². The summed E-state index contributed by atoms with van der Waals surface area (Å²) in [4.78, 5) is 27.5. The van der Waals surface area contributed by atoms with Gasteiger partial charge in [0.1, 0.15) is 0 Å². The number of nitrogens with zero attached hydrogens (tertiary/aromatic N) is 1. The largest absolute Gasteiger partial charge is 0.504 e. The maximum absolute atomic E-state index is 12.0. The molecule has 0 saturated heterocycles. The molecule has 4 rings (SSSR count). The minimum absolute atomic E-state index is 0.0129. The van der Waals surface area contributed by atoms with Crippen LogP contribution in [0.4, 0.5) is 0 Å². The summed E-state index contributed by atoms with van der Waals surface area (Å²) in [7, 11) is 0. The Balaban J connectivity index is 1.85. The summed E-state index contributed by atoms with van der Waals surface area (Å²) in [5.74, 6) is -2.50. The lowest BCUT2D eigenvalue weighted by atomic mass is 9.98. The zero-order valence-corrected chi connectivity index (χ0v) is 15.9. The molecule has 3 aromatic carbocycles. The molecule has 0 aliphatic carbocycles. The van der Waals surface area contributed by atoms with Crippen molar-refractivity contribution in [3.8, 4) is 22.8 Å². The number of fused-ring (bicyclic) bond motifs is 3. The van der Waals surface area contributed by atoms with Gasteiger partial charge < -0.3 is 20.1 Å². The van der Waals surface area contributed by atoms with Gasteiger partial charge in [-0.05, 0) is 48.0 Å². The normalized spacial score (nSPS) is 12.0. The van der Waals surface area contributed by atoms with E-state index in [0.29, 0.717) is 22.2 Å². The molecule has 0 aliphatic heterocycles. The number of carboxylic acid groups (broad SMARTS) is 2. The highest BCUT2D eigenvalue weighted by molar-refractivity contribution is 6.15. The first-order valence-corrected chi connectivity index (χ1v) is 9.14. The lowest BCUT2D eigenvalue weighted by Gasteiger charge is -2.13. The molecule has 0 amide bonds. The van der Waals surface area contributed by atoms with E-state index in [1.807, 2.05) is 30.3 Å². The summed E-state index contributed by atoms with van der Waals surface area (Å²) >= 11 is 0. The zero-order valence-electron chi connectivity index (χ0n) is 15.9. The Morgan fingerprint density at radius 1 is 1.00 bits per heavy atom. The van der Waals surface area contributed by atoms with Crippen molar-refractivity contribution < 1.29 is 29.6 Å². The molecule has 1 heterocycles. The number of rotatable bonds is 5. The molecule has 1 atom stereocenters. The highest BCUT2D eigenvalue weighted by Crippen LogP contribution is 2.35. The van der Waals surface area contributed by atoms with Gasteiger partial charge in [0, 0.05) is 10.9 Å². The summed E-state index contributed by atoms with van der Waals surface area (Å²) in [6, 6.07) is 17.0. The molecule has 3 N–H and O–H groups in total. The Morgan fingerprint density at radius 2 is 1.77 bits per heavy atom. The van der Waals surface area contributed by atoms with Crippen molar-refractivity contribution in [1.82, 2.24) is 4.98 Å². The lowest BCUT2D eigenvalue weighted by molar-refractivity contribution is -0.144. The molecule has 4 aromatic rings. The number of phenolic OH excluding ortho intramolecular Hbond substituents is 1. The van der Waals surface area contributed by atoms with Crippen molar-refractivity contribution in [3.05, 3.63) is 66.2 Å². The van der Waals surface area contributed by atoms with Crippen molar-refractivity contribution in [2.75, 3.05) is 0 Å². The van der Waals surface area contributed by atoms with E-state index in [4.69, 9.17) is 9.84 Å². The van der Waals surface area contributed by atoms with Crippen molar-refractivity contribution >= 4 is 33.6 Å². The van der Waals surface area contributed by atoms with Crippen LogP contribution >= 0.6 is 0 Å². The summed E-state index contributed by atoms with van der Waals surface area (Å²) in [5.41, 5.74) is 1.46. The summed E-state index contributed by atoms with van der Waals surface area (Å²) in [6.07, 6.45) is -1.13. The average Bonchev–Trinajstić information content (AvgIpc) is 2.73. The van der Waals surface area contributed by atoms with Crippen LogP contribution in [0, 0.1) is 0 Å². The zero-order chi connectivity index (χ0) is 21.4. The molecule has 0 spiro atoms. The standard InChI is InChI=1S/C23H17NO6/c1-12(22(26)27)30-20-9-7-14(10-19(20)25)18-11-16(23(28)29)21-15-5-3-2-4-13(15)6-8-17(21)24-18/h2-12,25H,1H3,(H,26,27)(H,28,29). The molecule has 7 heteroatoms. The maximum atomic E-state index is 12.0. The van der Waals surface area contributed by atoms with Crippen LogP contribution in [0.2, 0.25) is 0 Å². The molecule has 1 unspecified atom stereocenters. The molecule has 150 valence electrons. The highest BCUT2D eigenvalue weighted by Gasteiger charge is 2.18. The smallest absolute Gasteiger partial charge is 0.344 e. The van der Waals surface area contributed by atoms with Gasteiger partial charge in [0.25, 0.3) is 0 Å². The van der Waals surface area contributed by atoms with Gasteiger partial charge >= 0.3 is 11.9 Å². The van der Waals surface area contributed by atoms with Crippen LogP contribution in [0.3, 0.4) is 0 Å². The van der Waals surface area contributed by atoms with Gasteiger partial charge in [0.05, 0.1) is 16.8 Å². The Labute approximate surface area is 170 Å². The van der Waals surface area contributed by atoms with Gasteiger partial charge in [-0.15, -0.1) is 0 Å². The molecular weight excluding hydrogens is 386 g/mol. The first-order chi connectivity index (χ1) is 14.3. The van der Waals surface area contributed by atoms with Crippen molar-refractivity contribution in [1.29, 1.82) is 0 Å². The van der Waals surface area contributed by atoms with Crippen LogP contribution in [0.1, 0.15) is 17.3 Å². The first-order valence-electron chi connectivity index (χ1n) is 9.14. The summed E-state index contributed by atoms with van der Waals surface area (Å²) in [6.45, 7) is 1.35. The average molecular weight is 403 g/mol. The number of carboxylic acids is 2. The first kappa shape index (κ1) is 19.2. The maximum Gasteiger partial charge on any atom is 0.344 e. The highest BCUT2D eigenvalue weighted by atomic mass is 16.5. The number of benzene rings is 3. The molecule has 0 aliphatic rings. The fourth-order valence-corrected chi connectivity index (χ4v) is 3.34. The van der Waals surface area contributed by atoms with Crippen LogP contribution in [0.5, 0.6) is 11.5 Å². The van der Waals surface area contributed by atoms with Crippen LogP contribution in [-0.4, -0.2) is 38.3 Å². The molecule has 30 heavy (non-hydrogen) atoms. The Kier molecular flexibility index (Phi) is 4.71. The van der Waals surface area contributed by atoms with Gasteiger partial charge in [0.15, 0.2) is 17.6 Å². The number of aromatic nitrogens is 1. The second-order valence-corrected chi connectivity index (χ2v) is 6.82. The second-order valence-electron chi connectivity index (χ2n) is 6.82. The van der Waals surface area contributed by atoms with Gasteiger partial charge in [0.2, 0.25) is 0 Å². The SMILES string of the molecule is CC(Oc1ccc(-c2cc(C(=O)O)c3c(ccc4ccccc43)n2)cc1O)C(=O)O. The fourth-order valence-electron chi connectivity index (χ4n) is 3.34. The minimum atomic E-state index is -1.16. The van der Waals surface area contributed by atoms with Gasteiger partial charge in [-0.2, -0.15) is 0 Å². The van der Waals surface area contributed by atoms with Gasteiger partial charge in [-0.25, -0.2) is 14.6 Å². The third-order valence-electron chi connectivity index (χ3n) is 4.83. The lowest BCUT2D eigenvalue weighted by Crippen LogP contribution is -2.22. The van der Waals surface area contributed by atoms with Crippen LogP contribution < -0.4 is 4.74 Å². The fraction of sp³-hybridized carbons (Fsp3) is 0.0870. The van der Waals surface area contributed by atoms with E-state index in [1.54, 1.807) is 12.1 Å². The molecule has 0 saturated carbocycles. The van der Waals surface area contributed by atoms with Crippen LogP contribution in [-0.2, 0) is 4.79 Å². The number of aliphatic carboxylic acids is 1. The van der Waals surface area contributed by atoms with E-state index in [-0.39, 0.29) is 17.1 Å². The van der Waals surface area contributed by atoms with Crippen molar-refractivity contribution in [3.63, 3.8) is 0 Å². The number of hydrogen-bond acceptors (Lipinski definition) is 5. The number of carbonyl (C=O) groups is 2. The van der Waals surface area contributed by atoms with E-state index >= 15 is 0 Å². The number of hydrogen-bond donors (Lipinski definition) is 3. The predicted octanol–water partition coefficient (Wildman–Crippen LogP) is 4.31. The third kappa shape index (κ3) is 3.37. The summed E-state index contributed by atoms with van der Waals surface area (Å²) in [5, 5.41) is 31.3. The van der Waals surface area contributed by atoms with Gasteiger partial charge in [-0.3, -0.25) is 0 Å². The predicted molar refractivity (Wildman–Crippen MR) is 111 cm³/mol. The Bertz CT molecular complexity index is 1310.